The molecule has 0 saturated carbocycles. The fourth-order valence-electron chi connectivity index (χ4n) is 7.10. The smallest absolute Gasteiger partial charge is 0.164 e. The van der Waals surface area contributed by atoms with Crippen molar-refractivity contribution in [3.05, 3.63) is 163 Å². The van der Waals surface area contributed by atoms with Gasteiger partial charge >= 0.3 is 0 Å². The summed E-state index contributed by atoms with van der Waals surface area (Å²) in [6.45, 7) is 9.50. The van der Waals surface area contributed by atoms with E-state index in [1.54, 1.807) is 0 Å². The molecule has 0 fully saturated rings. The third-order valence-electron chi connectivity index (χ3n) is 10.5. The third-order valence-corrected chi connectivity index (χ3v) is 10.5. The molecule has 232 valence electrons. The lowest BCUT2D eigenvalue weighted by Gasteiger charge is -2.49. The van der Waals surface area contributed by atoms with Gasteiger partial charge in [0.05, 0.1) is 0 Å². The van der Waals surface area contributed by atoms with Gasteiger partial charge in [-0.2, -0.15) is 0 Å². The predicted molar refractivity (Wildman–Crippen MR) is 198 cm³/mol. The molecule has 6 aromatic carbocycles. The van der Waals surface area contributed by atoms with Crippen LogP contribution in [-0.2, 0) is 10.8 Å². The van der Waals surface area contributed by atoms with E-state index >= 15 is 0 Å². The van der Waals surface area contributed by atoms with Crippen molar-refractivity contribution in [3.8, 4) is 67.5 Å². The topological polar surface area (TPSA) is 38.7 Å². The number of benzene rings is 6. The molecule has 3 nitrogen and oxygen atoms in total. The largest absolute Gasteiger partial charge is 0.208 e. The fourth-order valence-corrected chi connectivity index (χ4v) is 7.10. The summed E-state index contributed by atoms with van der Waals surface area (Å²) in [5.41, 5.74) is 12.5. The van der Waals surface area contributed by atoms with Crippen LogP contribution in [0.5, 0.6) is 0 Å². The van der Waals surface area contributed by atoms with Gasteiger partial charge in [-0.15, -0.1) is 0 Å². The highest BCUT2D eigenvalue weighted by Crippen LogP contribution is 2.56. The minimum Gasteiger partial charge on any atom is -0.208 e. The number of rotatable bonds is 5. The average Bonchev–Trinajstić information content (AvgIpc) is 3.14. The SMILES string of the molecule is CC1(C)c2cc(-c3ccccc3)ccc2-c2c(-c3nc(-c4ccccc4)nc(-c4ccc(-c5ccccc5)cc4)n3)cccc2C1(C)C. The van der Waals surface area contributed by atoms with Gasteiger partial charge in [0.2, 0.25) is 0 Å². The maximum atomic E-state index is 5.21. The Bertz CT molecular complexity index is 2250. The number of hydrogen-bond donors (Lipinski definition) is 0. The lowest BCUT2D eigenvalue weighted by Crippen LogP contribution is -2.43. The highest BCUT2D eigenvalue weighted by molar-refractivity contribution is 5.90. The monoisotopic (exact) mass is 619 g/mol. The molecule has 0 spiro atoms. The summed E-state index contributed by atoms with van der Waals surface area (Å²) in [7, 11) is 0. The minimum absolute atomic E-state index is 0.126. The second kappa shape index (κ2) is 11.5. The molecule has 0 saturated heterocycles. The Morgan fingerprint density at radius 1 is 0.333 bits per heavy atom. The molecule has 0 radical (unpaired) electrons. The van der Waals surface area contributed by atoms with Crippen LogP contribution in [0.3, 0.4) is 0 Å². The molecular weight excluding hydrogens is 583 g/mol. The van der Waals surface area contributed by atoms with Gasteiger partial charge in [-0.25, -0.2) is 15.0 Å². The van der Waals surface area contributed by atoms with Gasteiger partial charge in [0, 0.05) is 16.7 Å². The van der Waals surface area contributed by atoms with E-state index in [2.05, 4.69) is 155 Å². The maximum Gasteiger partial charge on any atom is 0.164 e. The number of aromatic nitrogens is 3. The second-order valence-corrected chi connectivity index (χ2v) is 13.7. The first-order chi connectivity index (χ1) is 23.3. The molecule has 1 aromatic heterocycles. The van der Waals surface area contributed by atoms with Crippen molar-refractivity contribution in [2.24, 2.45) is 0 Å². The van der Waals surface area contributed by atoms with Crippen molar-refractivity contribution >= 4 is 0 Å². The Hall–Kier alpha value is -5.67. The molecule has 0 unspecified atom stereocenters. The zero-order valence-electron chi connectivity index (χ0n) is 27.8. The summed E-state index contributed by atoms with van der Waals surface area (Å²) in [5, 5.41) is 0. The Kier molecular flexibility index (Phi) is 7.14. The van der Waals surface area contributed by atoms with Gasteiger partial charge in [0.15, 0.2) is 17.5 Å². The molecular formula is C45H37N3. The highest BCUT2D eigenvalue weighted by atomic mass is 15.0. The Labute approximate surface area is 283 Å². The van der Waals surface area contributed by atoms with E-state index in [0.29, 0.717) is 17.5 Å². The van der Waals surface area contributed by atoms with Crippen LogP contribution < -0.4 is 0 Å². The predicted octanol–water partition coefficient (Wildman–Crippen LogP) is 11.4. The lowest BCUT2D eigenvalue weighted by molar-refractivity contribution is 0.299. The van der Waals surface area contributed by atoms with Crippen LogP contribution in [0.25, 0.3) is 67.5 Å². The average molecular weight is 620 g/mol. The van der Waals surface area contributed by atoms with Crippen LogP contribution in [0.1, 0.15) is 38.8 Å². The molecule has 1 aliphatic rings. The number of fused-ring (bicyclic) bond motifs is 3. The molecule has 7 aromatic rings. The molecule has 0 amide bonds. The third kappa shape index (κ3) is 4.94. The molecule has 0 N–H and O–H groups in total. The van der Waals surface area contributed by atoms with E-state index in [-0.39, 0.29) is 10.8 Å². The van der Waals surface area contributed by atoms with Crippen molar-refractivity contribution in [3.63, 3.8) is 0 Å². The standard InChI is InChI=1S/C45H37N3/c1-44(2)38-22-14-21-37(40(38)36-28-27-35(29-39(36)45(44,3)4)31-17-10-6-11-18-31)43-47-41(33-19-12-7-13-20-33)46-42(48-43)34-25-23-32(24-26-34)30-15-8-5-9-16-30/h5-29H,1-4H3. The van der Waals surface area contributed by atoms with Gasteiger partial charge in [0.1, 0.15) is 0 Å². The first-order valence-electron chi connectivity index (χ1n) is 16.6. The van der Waals surface area contributed by atoms with Crippen LogP contribution in [0, 0.1) is 0 Å². The maximum absolute atomic E-state index is 5.21. The van der Waals surface area contributed by atoms with Crippen LogP contribution in [0.2, 0.25) is 0 Å². The van der Waals surface area contributed by atoms with Gasteiger partial charge in [-0.1, -0.05) is 173 Å². The van der Waals surface area contributed by atoms with Crippen LogP contribution in [0.4, 0.5) is 0 Å². The van der Waals surface area contributed by atoms with E-state index in [9.17, 15) is 0 Å². The van der Waals surface area contributed by atoms with Crippen molar-refractivity contribution in [2.75, 3.05) is 0 Å². The zero-order chi connectivity index (χ0) is 32.9. The summed E-state index contributed by atoms with van der Waals surface area (Å²) in [4.78, 5) is 15.4. The molecule has 1 heterocycles. The summed E-state index contributed by atoms with van der Waals surface area (Å²) in [6, 6.07) is 53.4. The minimum atomic E-state index is -0.161. The van der Waals surface area contributed by atoms with E-state index in [1.807, 2.05) is 24.3 Å². The first kappa shape index (κ1) is 29.7. The van der Waals surface area contributed by atoms with Crippen molar-refractivity contribution in [1.82, 2.24) is 15.0 Å². The van der Waals surface area contributed by atoms with Crippen LogP contribution >= 0.6 is 0 Å². The van der Waals surface area contributed by atoms with Gasteiger partial charge in [0.25, 0.3) is 0 Å². The van der Waals surface area contributed by atoms with Crippen LogP contribution in [0.15, 0.2) is 152 Å². The molecule has 1 aliphatic carbocycles. The van der Waals surface area contributed by atoms with Crippen molar-refractivity contribution < 1.29 is 0 Å². The molecule has 8 rings (SSSR count). The van der Waals surface area contributed by atoms with E-state index in [4.69, 9.17) is 15.0 Å². The van der Waals surface area contributed by atoms with E-state index in [1.165, 1.54) is 38.9 Å². The van der Waals surface area contributed by atoms with Gasteiger partial charge in [-0.3, -0.25) is 0 Å². The molecule has 3 heteroatoms. The quantitative estimate of drug-likeness (QED) is 0.192. The lowest BCUT2D eigenvalue weighted by atomic mass is 9.55. The molecule has 48 heavy (non-hydrogen) atoms. The summed E-state index contributed by atoms with van der Waals surface area (Å²) < 4.78 is 0. The Balaban J connectivity index is 1.33. The van der Waals surface area contributed by atoms with Crippen molar-refractivity contribution in [2.45, 2.75) is 38.5 Å². The van der Waals surface area contributed by atoms with E-state index < -0.39 is 0 Å². The first-order valence-corrected chi connectivity index (χ1v) is 16.6. The molecule has 0 aliphatic heterocycles. The molecule has 0 atom stereocenters. The van der Waals surface area contributed by atoms with Gasteiger partial charge < -0.3 is 0 Å². The Morgan fingerprint density at radius 2 is 0.771 bits per heavy atom. The van der Waals surface area contributed by atoms with Crippen molar-refractivity contribution in [1.29, 1.82) is 0 Å². The Morgan fingerprint density at radius 3 is 1.38 bits per heavy atom. The van der Waals surface area contributed by atoms with Gasteiger partial charge in [-0.05, 0) is 61.4 Å². The summed E-state index contributed by atoms with van der Waals surface area (Å²) >= 11 is 0. The van der Waals surface area contributed by atoms with Crippen LogP contribution in [-0.4, -0.2) is 15.0 Å². The fraction of sp³-hybridized carbons (Fsp3) is 0.133. The highest BCUT2D eigenvalue weighted by Gasteiger charge is 2.46. The molecule has 0 bridgehead atoms. The normalized spacial score (nSPS) is 14.2. The number of nitrogens with zero attached hydrogens (tertiary/aromatic N) is 3. The second-order valence-electron chi connectivity index (χ2n) is 13.7. The number of hydrogen-bond acceptors (Lipinski definition) is 3. The summed E-state index contributed by atoms with van der Waals surface area (Å²) in [5.74, 6) is 2.00. The summed E-state index contributed by atoms with van der Waals surface area (Å²) in [6.07, 6.45) is 0. The zero-order valence-corrected chi connectivity index (χ0v) is 27.8. The van der Waals surface area contributed by atoms with E-state index in [0.717, 1.165) is 22.3 Å².